The first-order valence-electron chi connectivity index (χ1n) is 6.46. The van der Waals surface area contributed by atoms with Gasteiger partial charge in [-0.1, -0.05) is 24.8 Å². The van der Waals surface area contributed by atoms with E-state index in [1.54, 1.807) is 6.92 Å². The van der Waals surface area contributed by atoms with E-state index in [9.17, 15) is 4.79 Å². The van der Waals surface area contributed by atoms with Crippen molar-refractivity contribution in [2.75, 3.05) is 26.7 Å². The minimum absolute atomic E-state index is 0.0663. The molecule has 3 heteroatoms. The van der Waals surface area contributed by atoms with Gasteiger partial charge in [0.15, 0.2) is 0 Å². The number of carbonyl (C=O) groups is 1. The Balaban J connectivity index is 3.53. The number of unbranched alkanes of at least 4 members (excludes halogenated alkanes) is 2. The zero-order valence-corrected chi connectivity index (χ0v) is 11.7. The highest BCUT2D eigenvalue weighted by Crippen LogP contribution is 1.96. The second-order valence-electron chi connectivity index (χ2n) is 4.49. The number of carbonyl (C=O) groups excluding carboxylic acids is 1. The maximum atomic E-state index is 11.2. The maximum absolute atomic E-state index is 11.2. The number of amides is 1. The third kappa shape index (κ3) is 9.85. The van der Waals surface area contributed by atoms with Crippen LogP contribution < -0.4 is 5.32 Å². The molecule has 0 aromatic heterocycles. The van der Waals surface area contributed by atoms with Crippen molar-refractivity contribution in [1.82, 2.24) is 10.2 Å². The van der Waals surface area contributed by atoms with E-state index in [2.05, 4.69) is 35.5 Å². The number of rotatable bonds is 10. The van der Waals surface area contributed by atoms with Crippen molar-refractivity contribution in [2.24, 2.45) is 0 Å². The molecular formula is C15H26N2O. The first-order valence-corrected chi connectivity index (χ1v) is 6.46. The van der Waals surface area contributed by atoms with Crippen LogP contribution >= 0.6 is 0 Å². The van der Waals surface area contributed by atoms with E-state index in [1.165, 1.54) is 6.42 Å². The third-order valence-corrected chi connectivity index (χ3v) is 2.53. The van der Waals surface area contributed by atoms with Gasteiger partial charge >= 0.3 is 0 Å². The molecule has 0 aromatic carbocycles. The molecule has 1 N–H and O–H groups in total. The van der Waals surface area contributed by atoms with Gasteiger partial charge in [-0.25, -0.2) is 0 Å². The largest absolute Gasteiger partial charge is 0.351 e. The fourth-order valence-corrected chi connectivity index (χ4v) is 1.35. The minimum Gasteiger partial charge on any atom is -0.351 e. The zero-order chi connectivity index (χ0) is 13.8. The van der Waals surface area contributed by atoms with Crippen LogP contribution in [0.15, 0.2) is 37.0 Å². The van der Waals surface area contributed by atoms with E-state index in [0.717, 1.165) is 25.9 Å². The van der Waals surface area contributed by atoms with Crippen LogP contribution in [0.3, 0.4) is 0 Å². The van der Waals surface area contributed by atoms with Crippen LogP contribution in [0.25, 0.3) is 0 Å². The zero-order valence-electron chi connectivity index (χ0n) is 11.7. The van der Waals surface area contributed by atoms with Gasteiger partial charge in [0.25, 0.3) is 0 Å². The van der Waals surface area contributed by atoms with Crippen molar-refractivity contribution in [3.05, 3.63) is 37.0 Å². The van der Waals surface area contributed by atoms with Gasteiger partial charge in [0.05, 0.1) is 0 Å². The van der Waals surface area contributed by atoms with Crippen molar-refractivity contribution in [3.8, 4) is 0 Å². The van der Waals surface area contributed by atoms with Crippen molar-refractivity contribution in [2.45, 2.75) is 26.2 Å². The molecule has 0 atom stereocenters. The van der Waals surface area contributed by atoms with Crippen LogP contribution in [0, 0.1) is 0 Å². The second kappa shape index (κ2) is 10.8. The van der Waals surface area contributed by atoms with E-state index < -0.39 is 0 Å². The summed E-state index contributed by atoms with van der Waals surface area (Å²) in [5, 5.41) is 2.82. The number of nitrogens with one attached hydrogen (secondary N) is 1. The number of hydrogen-bond donors (Lipinski definition) is 1. The van der Waals surface area contributed by atoms with E-state index in [1.807, 2.05) is 13.1 Å². The molecule has 0 saturated heterocycles. The van der Waals surface area contributed by atoms with E-state index in [-0.39, 0.29) is 5.91 Å². The fraction of sp³-hybridized carbons (Fsp3) is 0.533. The molecule has 0 unspecified atom stereocenters. The molecule has 0 aromatic rings. The monoisotopic (exact) mass is 250 g/mol. The Kier molecular flexibility index (Phi) is 9.97. The Hall–Kier alpha value is -1.35. The molecule has 3 nitrogen and oxygen atoms in total. The molecule has 0 spiro atoms. The van der Waals surface area contributed by atoms with Gasteiger partial charge in [-0.15, -0.1) is 6.58 Å². The van der Waals surface area contributed by atoms with E-state index in [4.69, 9.17) is 0 Å². The molecular weight excluding hydrogens is 224 g/mol. The predicted octanol–water partition coefficient (Wildman–Crippen LogP) is 2.52. The normalized spacial score (nSPS) is 10.8. The lowest BCUT2D eigenvalue weighted by atomic mass is 10.2. The average molecular weight is 250 g/mol. The van der Waals surface area contributed by atoms with Crippen LogP contribution in [0.2, 0.25) is 0 Å². The van der Waals surface area contributed by atoms with Gasteiger partial charge in [-0.05, 0) is 33.2 Å². The SMILES string of the molecule is C=CCCC/C=C/CN(C)CCNC(=O)C(=C)C. The van der Waals surface area contributed by atoms with Crippen LogP contribution in [0.5, 0.6) is 0 Å². The Morgan fingerprint density at radius 2 is 2.06 bits per heavy atom. The van der Waals surface area contributed by atoms with Gasteiger partial charge in [0, 0.05) is 25.2 Å². The van der Waals surface area contributed by atoms with Gasteiger partial charge in [-0.2, -0.15) is 0 Å². The second-order valence-corrected chi connectivity index (χ2v) is 4.49. The molecule has 102 valence electrons. The third-order valence-electron chi connectivity index (χ3n) is 2.53. The van der Waals surface area contributed by atoms with Crippen molar-refractivity contribution in [3.63, 3.8) is 0 Å². The van der Waals surface area contributed by atoms with Crippen molar-refractivity contribution >= 4 is 5.91 Å². The summed E-state index contributed by atoms with van der Waals surface area (Å²) in [6.45, 7) is 11.4. The summed E-state index contributed by atoms with van der Waals surface area (Å²) in [5.41, 5.74) is 0.555. The smallest absolute Gasteiger partial charge is 0.246 e. The molecule has 0 aliphatic rings. The van der Waals surface area contributed by atoms with Gasteiger partial charge in [-0.3, -0.25) is 4.79 Å². The number of allylic oxidation sites excluding steroid dienone is 2. The predicted molar refractivity (Wildman–Crippen MR) is 78.5 cm³/mol. The molecule has 0 rings (SSSR count). The summed E-state index contributed by atoms with van der Waals surface area (Å²) in [6, 6.07) is 0. The highest BCUT2D eigenvalue weighted by molar-refractivity contribution is 5.92. The maximum Gasteiger partial charge on any atom is 0.246 e. The molecule has 0 saturated carbocycles. The number of likely N-dealkylation sites (N-methyl/N-ethyl adjacent to an activating group) is 1. The first-order chi connectivity index (χ1) is 8.57. The highest BCUT2D eigenvalue weighted by Gasteiger charge is 2.00. The summed E-state index contributed by atoms with van der Waals surface area (Å²) < 4.78 is 0. The number of nitrogens with zero attached hydrogens (tertiary/aromatic N) is 1. The first kappa shape index (κ1) is 16.6. The van der Waals surface area contributed by atoms with Crippen LogP contribution in [0.4, 0.5) is 0 Å². The molecule has 18 heavy (non-hydrogen) atoms. The summed E-state index contributed by atoms with van der Waals surface area (Å²) in [5.74, 6) is -0.0663. The van der Waals surface area contributed by atoms with Gasteiger partial charge < -0.3 is 10.2 Å². The highest BCUT2D eigenvalue weighted by atomic mass is 16.1. The van der Waals surface area contributed by atoms with Crippen molar-refractivity contribution in [1.29, 1.82) is 0 Å². The molecule has 1 amide bonds. The molecule has 0 aliphatic carbocycles. The lowest BCUT2D eigenvalue weighted by Crippen LogP contribution is -2.33. The molecule has 0 heterocycles. The average Bonchev–Trinajstić information content (AvgIpc) is 2.33. The Morgan fingerprint density at radius 3 is 2.67 bits per heavy atom. The summed E-state index contributed by atoms with van der Waals surface area (Å²) >= 11 is 0. The summed E-state index contributed by atoms with van der Waals surface area (Å²) in [7, 11) is 2.04. The topological polar surface area (TPSA) is 32.3 Å². The van der Waals surface area contributed by atoms with Crippen LogP contribution in [-0.2, 0) is 4.79 Å². The standard InChI is InChI=1S/C15H26N2O/c1-5-6-7-8-9-10-12-17(4)13-11-16-15(18)14(2)3/h5,9-10H,1-2,6-8,11-13H2,3-4H3,(H,16,18)/b10-9+. The molecule has 0 radical (unpaired) electrons. The molecule has 0 fully saturated rings. The summed E-state index contributed by atoms with van der Waals surface area (Å²) in [4.78, 5) is 13.4. The van der Waals surface area contributed by atoms with Crippen LogP contribution in [0.1, 0.15) is 26.2 Å². The van der Waals surface area contributed by atoms with Crippen molar-refractivity contribution < 1.29 is 4.79 Å². The minimum atomic E-state index is -0.0663. The number of hydrogen-bond acceptors (Lipinski definition) is 2. The molecule has 0 bridgehead atoms. The quantitative estimate of drug-likeness (QED) is 0.367. The Morgan fingerprint density at radius 1 is 1.33 bits per heavy atom. The van der Waals surface area contributed by atoms with Crippen LogP contribution in [-0.4, -0.2) is 37.5 Å². The fourth-order valence-electron chi connectivity index (χ4n) is 1.35. The van der Waals surface area contributed by atoms with E-state index in [0.29, 0.717) is 12.1 Å². The lowest BCUT2D eigenvalue weighted by molar-refractivity contribution is -0.117. The van der Waals surface area contributed by atoms with Gasteiger partial charge in [0.1, 0.15) is 0 Å². The van der Waals surface area contributed by atoms with Gasteiger partial charge in [0.2, 0.25) is 5.91 Å². The summed E-state index contributed by atoms with van der Waals surface area (Å²) in [6.07, 6.45) is 9.66. The lowest BCUT2D eigenvalue weighted by Gasteiger charge is -2.14. The Labute approximate surface area is 111 Å². The Bertz CT molecular complexity index is 295. The molecule has 0 aliphatic heterocycles. The van der Waals surface area contributed by atoms with E-state index >= 15 is 0 Å².